The molecule has 0 radical (unpaired) electrons. The van der Waals surface area contributed by atoms with Crippen molar-refractivity contribution in [3.63, 3.8) is 0 Å². The van der Waals surface area contributed by atoms with E-state index in [1.807, 2.05) is 6.07 Å². The maximum atomic E-state index is 13.8. The van der Waals surface area contributed by atoms with Gasteiger partial charge in [-0.3, -0.25) is 14.5 Å². The van der Waals surface area contributed by atoms with Gasteiger partial charge in [0, 0.05) is 19.2 Å². The van der Waals surface area contributed by atoms with Crippen molar-refractivity contribution in [1.29, 1.82) is 5.26 Å². The maximum Gasteiger partial charge on any atom is 0.260 e. The zero-order chi connectivity index (χ0) is 26.3. The molecule has 1 heterocycles. The average Bonchev–Trinajstić information content (AvgIpc) is 2.90. The summed E-state index contributed by atoms with van der Waals surface area (Å²) < 4.78 is 55.3. The molecule has 36 heavy (non-hydrogen) atoms. The van der Waals surface area contributed by atoms with Crippen LogP contribution in [0.4, 0.5) is 0 Å². The summed E-state index contributed by atoms with van der Waals surface area (Å²) in [5, 5.41) is 9.40. The first-order valence-corrected chi connectivity index (χ1v) is 13.6. The highest BCUT2D eigenvalue weighted by Crippen LogP contribution is 2.38. The van der Waals surface area contributed by atoms with Crippen molar-refractivity contribution in [3.8, 4) is 6.07 Å². The normalized spacial score (nSPS) is 18.1. The Morgan fingerprint density at radius 2 is 1.36 bits per heavy atom. The van der Waals surface area contributed by atoms with E-state index in [4.69, 9.17) is 0 Å². The molecule has 0 saturated carbocycles. The molecule has 0 saturated heterocycles. The topological polar surface area (TPSA) is 133 Å². The van der Waals surface area contributed by atoms with Crippen molar-refractivity contribution in [2.45, 2.75) is 22.1 Å². The molecule has 9 nitrogen and oxygen atoms in total. The molecule has 1 aliphatic heterocycles. The second-order valence-corrected chi connectivity index (χ2v) is 12.4. The van der Waals surface area contributed by atoms with E-state index in [9.17, 15) is 31.7 Å². The highest BCUT2D eigenvalue weighted by molar-refractivity contribution is 8.04. The van der Waals surface area contributed by atoms with E-state index in [1.165, 1.54) is 80.7 Å². The van der Waals surface area contributed by atoms with Crippen LogP contribution in [-0.2, 0) is 30.3 Å². The number of hydrogen-bond donors (Lipinski definition) is 0. The second-order valence-electron chi connectivity index (χ2n) is 8.44. The van der Waals surface area contributed by atoms with Gasteiger partial charge in [-0.1, -0.05) is 40.1 Å². The summed E-state index contributed by atoms with van der Waals surface area (Å²) in [6.45, 7) is 0.534. The van der Waals surface area contributed by atoms with Gasteiger partial charge in [0.1, 0.15) is 0 Å². The van der Waals surface area contributed by atoms with E-state index in [0.29, 0.717) is 3.71 Å². The van der Waals surface area contributed by atoms with Crippen LogP contribution >= 0.6 is 0 Å². The predicted octanol–water partition coefficient (Wildman–Crippen LogP) is 2.51. The Morgan fingerprint density at radius 1 is 0.861 bits per heavy atom. The van der Waals surface area contributed by atoms with E-state index < -0.39 is 43.8 Å². The molecule has 1 aliphatic rings. The number of carbonyl (C=O) groups is 2. The predicted molar refractivity (Wildman–Crippen MR) is 130 cm³/mol. The lowest BCUT2D eigenvalue weighted by atomic mass is 9.75. The number of rotatable bonds is 6. The molecule has 0 spiro atoms. The minimum absolute atomic E-state index is 0.0752. The number of amides is 2. The van der Waals surface area contributed by atoms with E-state index in [1.54, 1.807) is 12.1 Å². The standard InChI is InChI=1S/C25H21N3O6S2/c1-25(22-15-18(16-26)13-14-21(22)23(29)27(2)24(25)30)17-28(35(31,32)19-9-5-3-6-10-19)36(33,34)20-11-7-4-8-12-20/h3-15H,17H2,1-2H3. The smallest absolute Gasteiger partial charge is 0.260 e. The molecule has 0 fully saturated rings. The van der Waals surface area contributed by atoms with Crippen molar-refractivity contribution in [2.75, 3.05) is 13.6 Å². The Hall–Kier alpha value is -3.85. The summed E-state index contributed by atoms with van der Waals surface area (Å²) in [7, 11) is -8.14. The number of hydrogen-bond acceptors (Lipinski definition) is 7. The summed E-state index contributed by atoms with van der Waals surface area (Å²) in [5.74, 6) is -1.44. The van der Waals surface area contributed by atoms with E-state index in [-0.39, 0.29) is 26.5 Å². The number of likely N-dealkylation sites (N-methyl/N-ethyl adjacent to an activating group) is 1. The lowest BCUT2D eigenvalue weighted by molar-refractivity contribution is -0.133. The molecular weight excluding hydrogens is 502 g/mol. The fourth-order valence-electron chi connectivity index (χ4n) is 4.15. The first-order chi connectivity index (χ1) is 16.9. The van der Waals surface area contributed by atoms with Crippen molar-refractivity contribution in [3.05, 3.63) is 95.6 Å². The Balaban J connectivity index is 1.98. The third-order valence-corrected chi connectivity index (χ3v) is 10.4. The molecule has 3 aromatic rings. The number of carbonyl (C=O) groups excluding carboxylic acids is 2. The zero-order valence-electron chi connectivity index (χ0n) is 19.3. The quantitative estimate of drug-likeness (QED) is 0.453. The fourth-order valence-corrected chi connectivity index (χ4v) is 8.02. The molecule has 184 valence electrons. The fraction of sp³-hybridized carbons (Fsp3) is 0.160. The first-order valence-electron chi connectivity index (χ1n) is 10.7. The van der Waals surface area contributed by atoms with Gasteiger partial charge in [-0.25, -0.2) is 16.8 Å². The van der Waals surface area contributed by atoms with Crippen LogP contribution < -0.4 is 0 Å². The highest BCUT2D eigenvalue weighted by atomic mass is 32.3. The third kappa shape index (κ3) is 3.99. The van der Waals surface area contributed by atoms with Crippen LogP contribution in [0.25, 0.3) is 0 Å². The van der Waals surface area contributed by atoms with Gasteiger partial charge < -0.3 is 0 Å². The third-order valence-electron chi connectivity index (χ3n) is 6.12. The molecule has 0 bridgehead atoms. The molecule has 0 aromatic heterocycles. The van der Waals surface area contributed by atoms with Gasteiger partial charge in [0.25, 0.3) is 26.0 Å². The van der Waals surface area contributed by atoms with Crippen molar-refractivity contribution < 1.29 is 26.4 Å². The summed E-state index contributed by atoms with van der Waals surface area (Å²) in [6, 6.07) is 20.0. The molecule has 3 aromatic carbocycles. The maximum absolute atomic E-state index is 13.8. The number of fused-ring (bicyclic) bond motifs is 1. The number of benzene rings is 3. The van der Waals surface area contributed by atoms with Gasteiger partial charge in [-0.15, -0.1) is 0 Å². The molecule has 0 aliphatic carbocycles. The van der Waals surface area contributed by atoms with Gasteiger partial charge in [0.05, 0.1) is 26.8 Å². The lowest BCUT2D eigenvalue weighted by Crippen LogP contribution is -2.57. The minimum Gasteiger partial charge on any atom is -0.281 e. The Labute approximate surface area is 209 Å². The number of imide groups is 1. The molecule has 2 amide bonds. The first kappa shape index (κ1) is 25.2. The lowest BCUT2D eigenvalue weighted by Gasteiger charge is -2.40. The average molecular weight is 524 g/mol. The molecule has 4 rings (SSSR count). The number of nitriles is 1. The summed E-state index contributed by atoms with van der Waals surface area (Å²) in [4.78, 5) is 26.6. The molecule has 11 heteroatoms. The van der Waals surface area contributed by atoms with Gasteiger partial charge in [-0.2, -0.15) is 5.26 Å². The second kappa shape index (κ2) is 8.98. The van der Waals surface area contributed by atoms with Crippen LogP contribution in [0.1, 0.15) is 28.4 Å². The van der Waals surface area contributed by atoms with E-state index >= 15 is 0 Å². The van der Waals surface area contributed by atoms with Gasteiger partial charge in [-0.05, 0) is 55.0 Å². The van der Waals surface area contributed by atoms with Crippen LogP contribution in [0, 0.1) is 11.3 Å². The van der Waals surface area contributed by atoms with Crippen LogP contribution in [0.2, 0.25) is 0 Å². The van der Waals surface area contributed by atoms with Crippen LogP contribution in [0.5, 0.6) is 0 Å². The highest BCUT2D eigenvalue weighted by Gasteiger charge is 2.51. The molecular formula is C25H21N3O6S2. The van der Waals surface area contributed by atoms with Crippen LogP contribution in [0.3, 0.4) is 0 Å². The van der Waals surface area contributed by atoms with Crippen molar-refractivity contribution in [1.82, 2.24) is 8.61 Å². The molecule has 1 unspecified atom stereocenters. The summed E-state index contributed by atoms with van der Waals surface area (Å²) >= 11 is 0. The van der Waals surface area contributed by atoms with E-state index in [2.05, 4.69) is 0 Å². The Kier molecular flexibility index (Phi) is 6.30. The zero-order valence-corrected chi connectivity index (χ0v) is 21.0. The Bertz CT molecular complexity index is 1550. The monoisotopic (exact) mass is 523 g/mol. The SMILES string of the molecule is CN1C(=O)c2ccc(C#N)cc2C(C)(CN(S(=O)(=O)c2ccccc2)S(=O)(=O)c2ccccc2)C1=O. The minimum atomic E-state index is -4.69. The van der Waals surface area contributed by atoms with Gasteiger partial charge in [0.2, 0.25) is 5.91 Å². The Morgan fingerprint density at radius 3 is 1.83 bits per heavy atom. The van der Waals surface area contributed by atoms with Gasteiger partial charge in [0.15, 0.2) is 0 Å². The van der Waals surface area contributed by atoms with Crippen molar-refractivity contribution in [2.24, 2.45) is 0 Å². The molecule has 0 N–H and O–H groups in total. The number of nitrogens with zero attached hydrogens (tertiary/aromatic N) is 3. The number of sulfonamides is 2. The molecule has 1 atom stereocenters. The van der Waals surface area contributed by atoms with Gasteiger partial charge >= 0.3 is 0 Å². The van der Waals surface area contributed by atoms with E-state index in [0.717, 1.165) is 4.90 Å². The largest absolute Gasteiger partial charge is 0.281 e. The summed E-state index contributed by atoms with van der Waals surface area (Å²) in [6.07, 6.45) is 0. The summed E-state index contributed by atoms with van der Waals surface area (Å²) in [5.41, 5.74) is -1.53. The van der Waals surface area contributed by atoms with Crippen LogP contribution in [0.15, 0.2) is 88.7 Å². The van der Waals surface area contributed by atoms with Crippen molar-refractivity contribution >= 4 is 31.9 Å². The van der Waals surface area contributed by atoms with Crippen LogP contribution in [-0.4, -0.2) is 50.9 Å².